The molecule has 3 nitrogen and oxygen atoms in total. The summed E-state index contributed by atoms with van der Waals surface area (Å²) in [5.74, 6) is 0. The second-order valence-corrected chi connectivity index (χ2v) is 8.00. The van der Waals surface area contributed by atoms with Crippen LogP contribution in [0.15, 0.2) is 78.9 Å². The number of imidazole rings is 1. The fraction of sp³-hybridized carbons (Fsp3) is 0. The van der Waals surface area contributed by atoms with E-state index < -0.39 is 0 Å². The lowest BCUT2D eigenvalue weighted by molar-refractivity contribution is 1.21. The van der Waals surface area contributed by atoms with Gasteiger partial charge in [-0.25, -0.2) is 4.98 Å². The molecule has 5 aromatic rings. The molecule has 0 bridgehead atoms. The molecular weight excluding hydrogens is 425 g/mol. The summed E-state index contributed by atoms with van der Waals surface area (Å²) in [7, 11) is 0. The largest absolute Gasteiger partial charge is 0.291 e. The third-order valence-electron chi connectivity index (χ3n) is 5.16. The van der Waals surface area contributed by atoms with Crippen molar-refractivity contribution in [2.75, 3.05) is 0 Å². The summed E-state index contributed by atoms with van der Waals surface area (Å²) in [6.07, 6.45) is 3.88. The molecule has 0 amide bonds. The number of hydrogen-bond acceptors (Lipinski definition) is 2. The van der Waals surface area contributed by atoms with E-state index >= 15 is 0 Å². The van der Waals surface area contributed by atoms with Crippen molar-refractivity contribution in [2.45, 2.75) is 0 Å². The van der Waals surface area contributed by atoms with Crippen molar-refractivity contribution in [1.29, 1.82) is 5.26 Å². The van der Waals surface area contributed by atoms with E-state index in [1.165, 1.54) is 0 Å². The molecule has 0 atom stereocenters. The van der Waals surface area contributed by atoms with Gasteiger partial charge in [-0.05, 0) is 59.2 Å². The van der Waals surface area contributed by atoms with Crippen LogP contribution in [0.5, 0.6) is 0 Å². The third-order valence-corrected chi connectivity index (χ3v) is 5.65. The highest BCUT2D eigenvalue weighted by Gasteiger charge is 2.16. The van der Waals surface area contributed by atoms with Crippen molar-refractivity contribution >= 4 is 52.0 Å². The van der Waals surface area contributed by atoms with E-state index in [4.69, 9.17) is 28.2 Å². The molecule has 0 saturated carbocycles. The van der Waals surface area contributed by atoms with Crippen LogP contribution in [0.25, 0.3) is 40.1 Å². The maximum absolute atomic E-state index is 10.0. The van der Waals surface area contributed by atoms with Crippen molar-refractivity contribution in [3.05, 3.63) is 106 Å². The lowest BCUT2D eigenvalue weighted by Gasteiger charge is -2.11. The second-order valence-electron chi connectivity index (χ2n) is 7.13. The molecular formula is C26H15Cl2N3. The number of rotatable bonds is 3. The van der Waals surface area contributed by atoms with Gasteiger partial charge in [-0.2, -0.15) is 5.26 Å². The van der Waals surface area contributed by atoms with Crippen molar-refractivity contribution in [3.63, 3.8) is 0 Å². The molecule has 2 heterocycles. The number of nitrogens with zero attached hydrogens (tertiary/aromatic N) is 3. The van der Waals surface area contributed by atoms with E-state index in [1.54, 1.807) is 0 Å². The summed E-state index contributed by atoms with van der Waals surface area (Å²) in [6.45, 7) is 0. The standard InChI is InChI=1S/C26H15Cl2N3/c27-20-12-10-18(11-13-20)25-15-19(9-8-17-4-3-5-21(28)14-17)22(16-29)26-30-23-6-1-2-7-24(23)31(25)26/h1-15H/b9-8+. The minimum Gasteiger partial charge on any atom is -0.291 e. The molecule has 5 heteroatoms. The molecule has 0 radical (unpaired) electrons. The monoisotopic (exact) mass is 439 g/mol. The number of hydrogen-bond donors (Lipinski definition) is 0. The van der Waals surface area contributed by atoms with Gasteiger partial charge >= 0.3 is 0 Å². The number of pyridine rings is 1. The first-order valence-corrected chi connectivity index (χ1v) is 10.4. The van der Waals surface area contributed by atoms with Crippen molar-refractivity contribution in [3.8, 4) is 17.3 Å². The molecule has 0 fully saturated rings. The molecule has 5 rings (SSSR count). The predicted octanol–water partition coefficient (Wildman–Crippen LogP) is 7.50. The normalized spacial score (nSPS) is 11.4. The van der Waals surface area contributed by atoms with Gasteiger partial charge in [0.25, 0.3) is 0 Å². The Balaban J connectivity index is 1.81. The van der Waals surface area contributed by atoms with Crippen molar-refractivity contribution in [2.24, 2.45) is 0 Å². The fourth-order valence-corrected chi connectivity index (χ4v) is 4.05. The lowest BCUT2D eigenvalue weighted by Crippen LogP contribution is -1.98. The quantitative estimate of drug-likeness (QED) is 0.291. The highest BCUT2D eigenvalue weighted by atomic mass is 35.5. The zero-order valence-electron chi connectivity index (χ0n) is 16.3. The number of para-hydroxylation sites is 2. The predicted molar refractivity (Wildman–Crippen MR) is 128 cm³/mol. The molecule has 0 unspecified atom stereocenters. The number of halogens is 2. The molecule has 0 aliphatic carbocycles. The Kier molecular flexibility index (Phi) is 4.95. The Bertz CT molecular complexity index is 1510. The number of nitriles is 1. The Morgan fingerprint density at radius 3 is 2.42 bits per heavy atom. The molecule has 148 valence electrons. The fourth-order valence-electron chi connectivity index (χ4n) is 3.73. The zero-order valence-corrected chi connectivity index (χ0v) is 17.8. The summed E-state index contributed by atoms with van der Waals surface area (Å²) in [6, 6.07) is 27.5. The van der Waals surface area contributed by atoms with Crippen LogP contribution >= 0.6 is 23.2 Å². The van der Waals surface area contributed by atoms with Gasteiger partial charge in [-0.15, -0.1) is 0 Å². The smallest absolute Gasteiger partial charge is 0.157 e. The van der Waals surface area contributed by atoms with Crippen LogP contribution in [0.3, 0.4) is 0 Å². The highest BCUT2D eigenvalue weighted by molar-refractivity contribution is 6.31. The topological polar surface area (TPSA) is 41.1 Å². The maximum Gasteiger partial charge on any atom is 0.157 e. The first-order valence-electron chi connectivity index (χ1n) is 9.68. The highest BCUT2D eigenvalue weighted by Crippen LogP contribution is 2.31. The van der Waals surface area contributed by atoms with Gasteiger partial charge < -0.3 is 0 Å². The van der Waals surface area contributed by atoms with Gasteiger partial charge in [-0.1, -0.05) is 71.8 Å². The molecule has 2 aromatic heterocycles. The lowest BCUT2D eigenvalue weighted by atomic mass is 10.0. The first-order chi connectivity index (χ1) is 15.1. The summed E-state index contributed by atoms with van der Waals surface area (Å²) < 4.78 is 2.04. The first kappa shape index (κ1) is 19.4. The van der Waals surface area contributed by atoms with Gasteiger partial charge in [0.1, 0.15) is 11.6 Å². The van der Waals surface area contributed by atoms with Gasteiger partial charge in [0.2, 0.25) is 0 Å². The molecule has 0 aliphatic heterocycles. The molecule has 0 spiro atoms. The van der Waals surface area contributed by atoms with Crippen LogP contribution in [0, 0.1) is 11.3 Å². The average molecular weight is 440 g/mol. The summed E-state index contributed by atoms with van der Waals surface area (Å²) in [4.78, 5) is 4.78. The minimum absolute atomic E-state index is 0.521. The van der Waals surface area contributed by atoms with Crippen molar-refractivity contribution < 1.29 is 0 Å². The Hall–Kier alpha value is -3.58. The summed E-state index contributed by atoms with van der Waals surface area (Å²) in [5.41, 5.74) is 6.60. The Morgan fingerprint density at radius 2 is 1.65 bits per heavy atom. The minimum atomic E-state index is 0.521. The molecule has 0 aliphatic rings. The second kappa shape index (κ2) is 7.92. The SMILES string of the molecule is N#Cc1c(/C=C/c2cccc(Cl)c2)cc(-c2ccc(Cl)cc2)n2c1nc1ccccc12. The maximum atomic E-state index is 10.0. The zero-order chi connectivity index (χ0) is 21.4. The van der Waals surface area contributed by atoms with Crippen molar-refractivity contribution in [1.82, 2.24) is 9.38 Å². The van der Waals surface area contributed by atoms with Gasteiger partial charge in [-0.3, -0.25) is 4.40 Å². The van der Waals surface area contributed by atoms with Crippen LogP contribution in [0.1, 0.15) is 16.7 Å². The van der Waals surface area contributed by atoms with Crippen LogP contribution in [-0.2, 0) is 0 Å². The molecule has 0 saturated heterocycles. The number of fused-ring (bicyclic) bond motifs is 3. The Morgan fingerprint density at radius 1 is 0.839 bits per heavy atom. The van der Waals surface area contributed by atoms with E-state index in [0.29, 0.717) is 21.3 Å². The third kappa shape index (κ3) is 3.57. The number of aromatic nitrogens is 2. The summed E-state index contributed by atoms with van der Waals surface area (Å²) >= 11 is 12.2. The van der Waals surface area contributed by atoms with Crippen LogP contribution in [0.4, 0.5) is 0 Å². The van der Waals surface area contributed by atoms with E-state index in [2.05, 4.69) is 6.07 Å². The van der Waals surface area contributed by atoms with E-state index in [9.17, 15) is 5.26 Å². The number of benzene rings is 3. The van der Waals surface area contributed by atoms with Crippen LogP contribution < -0.4 is 0 Å². The van der Waals surface area contributed by atoms with E-state index in [1.807, 2.05) is 95.4 Å². The van der Waals surface area contributed by atoms with Gasteiger partial charge in [0.15, 0.2) is 5.65 Å². The van der Waals surface area contributed by atoms with Crippen LogP contribution in [-0.4, -0.2) is 9.38 Å². The van der Waals surface area contributed by atoms with Gasteiger partial charge in [0.05, 0.1) is 16.7 Å². The van der Waals surface area contributed by atoms with Crippen LogP contribution in [0.2, 0.25) is 10.0 Å². The average Bonchev–Trinajstić information content (AvgIpc) is 3.17. The molecule has 31 heavy (non-hydrogen) atoms. The van der Waals surface area contributed by atoms with E-state index in [0.717, 1.165) is 33.4 Å². The molecule has 0 N–H and O–H groups in total. The molecule has 3 aromatic carbocycles. The Labute approximate surface area is 189 Å². The summed E-state index contributed by atoms with van der Waals surface area (Å²) in [5, 5.41) is 11.3. The van der Waals surface area contributed by atoms with Gasteiger partial charge in [0, 0.05) is 10.0 Å². The van der Waals surface area contributed by atoms with E-state index in [-0.39, 0.29) is 0 Å².